The van der Waals surface area contributed by atoms with Crippen LogP contribution in [0.3, 0.4) is 0 Å². The zero-order valence-corrected chi connectivity index (χ0v) is 15.0. The smallest absolute Gasteiger partial charge is 0.318 e. The summed E-state index contributed by atoms with van der Waals surface area (Å²) in [6.07, 6.45) is 4.15. The van der Waals surface area contributed by atoms with Crippen molar-refractivity contribution in [2.45, 2.75) is 36.8 Å². The predicted molar refractivity (Wildman–Crippen MR) is 95.0 cm³/mol. The van der Waals surface area contributed by atoms with Gasteiger partial charge in [-0.15, -0.1) is 0 Å². The van der Waals surface area contributed by atoms with Crippen molar-refractivity contribution < 1.29 is 9.53 Å². The summed E-state index contributed by atoms with van der Waals surface area (Å²) in [6.45, 7) is 2.02. The molecular weight excluding hydrogens is 302 g/mol. The number of rotatable bonds is 5. The number of nitrogens with zero attached hydrogens (tertiary/aromatic N) is 2. The SMILES string of the molecule is COCCN1C(=O)NC[C@]12CC[C@@](c1ccccc1)(N(C)C)CC2. The van der Waals surface area contributed by atoms with E-state index in [4.69, 9.17) is 4.74 Å². The summed E-state index contributed by atoms with van der Waals surface area (Å²) in [5, 5.41) is 3.05. The molecule has 0 radical (unpaired) electrons. The average Bonchev–Trinajstić information content (AvgIpc) is 2.90. The summed E-state index contributed by atoms with van der Waals surface area (Å²) < 4.78 is 5.20. The van der Waals surface area contributed by atoms with Gasteiger partial charge in [-0.2, -0.15) is 0 Å². The number of ether oxygens (including phenoxy) is 1. The van der Waals surface area contributed by atoms with Crippen LogP contribution in [0.5, 0.6) is 0 Å². The molecule has 3 rings (SSSR count). The highest BCUT2D eigenvalue weighted by atomic mass is 16.5. The molecule has 1 spiro atoms. The topological polar surface area (TPSA) is 44.8 Å². The lowest BCUT2D eigenvalue weighted by Crippen LogP contribution is -2.56. The van der Waals surface area contributed by atoms with Gasteiger partial charge in [0.05, 0.1) is 12.1 Å². The minimum absolute atomic E-state index is 0.0517. The van der Waals surface area contributed by atoms with Crippen molar-refractivity contribution >= 4 is 6.03 Å². The first-order chi connectivity index (χ1) is 11.5. The quantitative estimate of drug-likeness (QED) is 0.901. The number of nitrogens with one attached hydrogen (secondary N) is 1. The predicted octanol–water partition coefficient (Wildman–Crippen LogP) is 2.43. The second-order valence-electron chi connectivity index (χ2n) is 7.32. The van der Waals surface area contributed by atoms with Gasteiger partial charge in [0.25, 0.3) is 0 Å². The molecule has 1 N–H and O–H groups in total. The van der Waals surface area contributed by atoms with E-state index in [-0.39, 0.29) is 17.1 Å². The summed E-state index contributed by atoms with van der Waals surface area (Å²) >= 11 is 0. The van der Waals surface area contributed by atoms with Gasteiger partial charge in [-0.1, -0.05) is 30.3 Å². The molecule has 1 aliphatic heterocycles. The summed E-state index contributed by atoms with van der Waals surface area (Å²) in [4.78, 5) is 16.6. The third-order valence-electron chi connectivity index (χ3n) is 6.08. The summed E-state index contributed by atoms with van der Waals surface area (Å²) in [7, 11) is 6.03. The lowest BCUT2D eigenvalue weighted by Gasteiger charge is -2.51. The molecule has 132 valence electrons. The van der Waals surface area contributed by atoms with Crippen molar-refractivity contribution in [2.24, 2.45) is 0 Å². The van der Waals surface area contributed by atoms with E-state index in [1.54, 1.807) is 7.11 Å². The van der Waals surface area contributed by atoms with Crippen LogP contribution in [0, 0.1) is 0 Å². The lowest BCUT2D eigenvalue weighted by atomic mass is 9.68. The van der Waals surface area contributed by atoms with Crippen molar-refractivity contribution in [1.82, 2.24) is 15.1 Å². The summed E-state index contributed by atoms with van der Waals surface area (Å²) in [5.74, 6) is 0. The molecular formula is C19H29N3O2. The fourth-order valence-corrected chi connectivity index (χ4v) is 4.49. The van der Waals surface area contributed by atoms with Gasteiger partial charge in [0.1, 0.15) is 0 Å². The van der Waals surface area contributed by atoms with Crippen molar-refractivity contribution in [2.75, 3.05) is 40.9 Å². The summed E-state index contributed by atoms with van der Waals surface area (Å²) in [6, 6.07) is 10.8. The van der Waals surface area contributed by atoms with E-state index in [2.05, 4.69) is 54.6 Å². The number of urea groups is 1. The number of amides is 2. The molecule has 0 bridgehead atoms. The summed E-state index contributed by atoms with van der Waals surface area (Å²) in [5.41, 5.74) is 1.39. The molecule has 1 aromatic rings. The van der Waals surface area contributed by atoms with E-state index in [0.29, 0.717) is 13.2 Å². The van der Waals surface area contributed by atoms with E-state index < -0.39 is 0 Å². The Hall–Kier alpha value is -1.59. The minimum atomic E-state index is -0.0517. The first-order valence-electron chi connectivity index (χ1n) is 8.81. The third-order valence-corrected chi connectivity index (χ3v) is 6.08. The maximum Gasteiger partial charge on any atom is 0.318 e. The number of carbonyl (C=O) groups is 1. The maximum atomic E-state index is 12.3. The molecule has 2 aliphatic rings. The van der Waals surface area contributed by atoms with Crippen molar-refractivity contribution in [3.63, 3.8) is 0 Å². The molecule has 1 saturated heterocycles. The van der Waals surface area contributed by atoms with Gasteiger partial charge in [-0.3, -0.25) is 4.90 Å². The van der Waals surface area contributed by atoms with Gasteiger partial charge < -0.3 is 15.0 Å². The van der Waals surface area contributed by atoms with Gasteiger partial charge in [-0.25, -0.2) is 4.79 Å². The molecule has 24 heavy (non-hydrogen) atoms. The van der Waals surface area contributed by atoms with Crippen LogP contribution in [0.2, 0.25) is 0 Å². The normalized spacial score (nSPS) is 30.2. The van der Waals surface area contributed by atoms with Gasteiger partial charge in [0.15, 0.2) is 0 Å². The molecule has 0 unspecified atom stereocenters. The fourth-order valence-electron chi connectivity index (χ4n) is 4.49. The molecule has 5 heteroatoms. The van der Waals surface area contributed by atoms with Crippen LogP contribution in [-0.2, 0) is 10.3 Å². The lowest BCUT2D eigenvalue weighted by molar-refractivity contribution is 0.0187. The second-order valence-corrected chi connectivity index (χ2v) is 7.32. The standard InChI is InChI=1S/C19H29N3O2/c1-21(2)19(16-7-5-4-6-8-16)11-9-18(10-12-19)15-20-17(23)22(18)13-14-24-3/h4-8H,9-15H2,1-3H3,(H,20,23)/t18-,19-. The zero-order chi connectivity index (χ0) is 17.2. The van der Waals surface area contributed by atoms with Gasteiger partial charge >= 0.3 is 6.03 Å². The Morgan fingerprint density at radius 3 is 2.42 bits per heavy atom. The Bertz CT molecular complexity index is 565. The van der Waals surface area contributed by atoms with Crippen LogP contribution in [0.15, 0.2) is 30.3 Å². The Morgan fingerprint density at radius 1 is 1.17 bits per heavy atom. The Kier molecular flexibility index (Phi) is 4.83. The molecule has 1 aromatic carbocycles. The van der Waals surface area contributed by atoms with Gasteiger partial charge in [0.2, 0.25) is 0 Å². The third kappa shape index (κ3) is 2.80. The number of carbonyl (C=O) groups excluding carboxylic acids is 1. The molecule has 2 amide bonds. The highest BCUT2D eigenvalue weighted by Gasteiger charge is 2.51. The number of methoxy groups -OCH3 is 1. The molecule has 5 nitrogen and oxygen atoms in total. The van der Waals surface area contributed by atoms with Gasteiger partial charge in [0, 0.05) is 25.7 Å². The largest absolute Gasteiger partial charge is 0.383 e. The first kappa shape index (κ1) is 17.2. The number of benzene rings is 1. The highest BCUT2D eigenvalue weighted by Crippen LogP contribution is 2.47. The van der Waals surface area contributed by atoms with Crippen LogP contribution in [0.25, 0.3) is 0 Å². The molecule has 1 heterocycles. The molecule has 2 fully saturated rings. The fraction of sp³-hybridized carbons (Fsp3) is 0.632. The zero-order valence-electron chi connectivity index (χ0n) is 15.0. The van der Waals surface area contributed by atoms with Crippen molar-refractivity contribution in [3.05, 3.63) is 35.9 Å². The molecule has 0 atom stereocenters. The van der Waals surface area contributed by atoms with E-state index in [0.717, 1.165) is 32.2 Å². The van der Waals surface area contributed by atoms with Crippen LogP contribution < -0.4 is 5.32 Å². The van der Waals surface area contributed by atoms with E-state index in [1.807, 2.05) is 4.90 Å². The minimum Gasteiger partial charge on any atom is -0.383 e. The Morgan fingerprint density at radius 2 is 1.83 bits per heavy atom. The Balaban J connectivity index is 1.81. The number of hydrogen-bond donors (Lipinski definition) is 1. The van der Waals surface area contributed by atoms with E-state index >= 15 is 0 Å². The van der Waals surface area contributed by atoms with Crippen LogP contribution in [-0.4, -0.2) is 62.3 Å². The molecule has 0 aromatic heterocycles. The first-order valence-corrected chi connectivity index (χ1v) is 8.81. The number of hydrogen-bond acceptors (Lipinski definition) is 3. The van der Waals surface area contributed by atoms with Crippen molar-refractivity contribution in [1.29, 1.82) is 0 Å². The Labute approximate surface area is 145 Å². The average molecular weight is 331 g/mol. The molecule has 1 saturated carbocycles. The van der Waals surface area contributed by atoms with Gasteiger partial charge in [-0.05, 0) is 45.3 Å². The van der Waals surface area contributed by atoms with Crippen LogP contribution in [0.4, 0.5) is 4.79 Å². The van der Waals surface area contributed by atoms with E-state index in [1.165, 1.54) is 5.56 Å². The monoisotopic (exact) mass is 331 g/mol. The van der Waals surface area contributed by atoms with Crippen LogP contribution >= 0.6 is 0 Å². The second kappa shape index (κ2) is 6.73. The highest BCUT2D eigenvalue weighted by molar-refractivity contribution is 5.78. The maximum absolute atomic E-state index is 12.3. The molecule has 1 aliphatic carbocycles. The van der Waals surface area contributed by atoms with E-state index in [9.17, 15) is 4.79 Å². The van der Waals surface area contributed by atoms with Crippen molar-refractivity contribution in [3.8, 4) is 0 Å². The van der Waals surface area contributed by atoms with Crippen LogP contribution in [0.1, 0.15) is 31.2 Å².